The molecule has 21 heavy (non-hydrogen) atoms. The van der Waals surface area contributed by atoms with Crippen LogP contribution in [0.4, 0.5) is 0 Å². The van der Waals surface area contributed by atoms with E-state index in [9.17, 15) is 0 Å². The van der Waals surface area contributed by atoms with Crippen LogP contribution in [0.25, 0.3) is 0 Å². The number of fused-ring (bicyclic) bond motifs is 6. The van der Waals surface area contributed by atoms with Crippen molar-refractivity contribution in [3.63, 3.8) is 0 Å². The van der Waals surface area contributed by atoms with Gasteiger partial charge in [-0.25, -0.2) is 0 Å². The molecule has 3 heteroatoms. The third-order valence-corrected chi connectivity index (χ3v) is 3.68. The first-order valence-electron chi connectivity index (χ1n) is 7.20. The molecule has 3 aromatic heterocycles. The Morgan fingerprint density at radius 3 is 0.905 bits per heavy atom. The smallest absolute Gasteiger partial charge is 0.0466 e. The van der Waals surface area contributed by atoms with Gasteiger partial charge in [-0.15, -0.1) is 0 Å². The summed E-state index contributed by atoms with van der Waals surface area (Å²) in [5, 5.41) is 0. The summed E-state index contributed by atoms with van der Waals surface area (Å²) in [5.41, 5.74) is 6.38. The van der Waals surface area contributed by atoms with E-state index in [1.165, 1.54) is 0 Å². The zero-order chi connectivity index (χ0) is 14.1. The van der Waals surface area contributed by atoms with E-state index in [0.29, 0.717) is 0 Å². The molecule has 0 aliphatic carbocycles. The summed E-state index contributed by atoms with van der Waals surface area (Å²) in [6, 6.07) is 18.6. The highest BCUT2D eigenvalue weighted by Gasteiger charge is 2.08. The minimum absolute atomic E-state index is 0.781. The van der Waals surface area contributed by atoms with Crippen LogP contribution in [0.2, 0.25) is 0 Å². The molecular weight excluding hydrogens is 258 g/mol. The van der Waals surface area contributed by atoms with Crippen LogP contribution in [-0.2, 0) is 19.3 Å². The maximum Gasteiger partial charge on any atom is 0.0466 e. The van der Waals surface area contributed by atoms with Gasteiger partial charge in [0.2, 0.25) is 0 Å². The molecule has 6 bridgehead atoms. The molecule has 0 unspecified atom stereocenters. The molecule has 0 N–H and O–H groups in total. The monoisotopic (exact) mass is 273 g/mol. The third-order valence-electron chi connectivity index (χ3n) is 3.68. The van der Waals surface area contributed by atoms with Crippen molar-refractivity contribution in [1.29, 1.82) is 0 Å². The van der Waals surface area contributed by atoms with Crippen LogP contribution >= 0.6 is 0 Å². The predicted molar refractivity (Wildman–Crippen MR) is 81.1 cm³/mol. The number of nitrogens with zero attached hydrogens (tertiary/aromatic N) is 3. The zero-order valence-electron chi connectivity index (χ0n) is 11.7. The number of pyridine rings is 3. The standard InChI is InChI=1S/C18H15N3/c1-4-13-10-15-6-2-8-17(20-15)12-18-9-3-7-16(21-18)11-14(5-1)19-13/h1-9H,10-12H2. The fraction of sp³-hybridized carbons (Fsp3) is 0.167. The van der Waals surface area contributed by atoms with E-state index in [1.54, 1.807) is 0 Å². The van der Waals surface area contributed by atoms with E-state index in [2.05, 4.69) is 54.6 Å². The molecule has 3 nitrogen and oxygen atoms in total. The molecule has 3 aromatic rings. The average Bonchev–Trinajstić information content (AvgIpc) is 2.47. The molecule has 0 amide bonds. The summed E-state index contributed by atoms with van der Waals surface area (Å²) >= 11 is 0. The van der Waals surface area contributed by atoms with Crippen LogP contribution in [0.1, 0.15) is 34.2 Å². The fourth-order valence-electron chi connectivity index (χ4n) is 2.74. The Morgan fingerprint density at radius 1 is 0.429 bits per heavy atom. The maximum atomic E-state index is 4.73. The lowest BCUT2D eigenvalue weighted by atomic mass is 10.1. The summed E-state index contributed by atoms with van der Waals surface area (Å²) in [6.45, 7) is 0. The molecule has 0 saturated heterocycles. The summed E-state index contributed by atoms with van der Waals surface area (Å²) in [4.78, 5) is 14.2. The topological polar surface area (TPSA) is 38.7 Å². The largest absolute Gasteiger partial charge is 0.257 e. The molecule has 0 saturated carbocycles. The van der Waals surface area contributed by atoms with E-state index >= 15 is 0 Å². The molecule has 1 aliphatic rings. The second-order valence-corrected chi connectivity index (χ2v) is 5.39. The Labute approximate surface area is 123 Å². The van der Waals surface area contributed by atoms with Gasteiger partial charge in [0, 0.05) is 53.4 Å². The molecule has 0 fully saturated rings. The van der Waals surface area contributed by atoms with Gasteiger partial charge in [-0.2, -0.15) is 0 Å². The Bertz CT molecular complexity index is 636. The van der Waals surface area contributed by atoms with Gasteiger partial charge >= 0.3 is 0 Å². The zero-order valence-corrected chi connectivity index (χ0v) is 11.7. The number of hydrogen-bond donors (Lipinski definition) is 0. The Balaban J connectivity index is 1.87. The van der Waals surface area contributed by atoms with E-state index < -0.39 is 0 Å². The summed E-state index contributed by atoms with van der Waals surface area (Å²) < 4.78 is 0. The van der Waals surface area contributed by atoms with Crippen LogP contribution in [0, 0.1) is 0 Å². The molecule has 0 spiro atoms. The van der Waals surface area contributed by atoms with E-state index in [4.69, 9.17) is 15.0 Å². The lowest BCUT2D eigenvalue weighted by Crippen LogP contribution is -2.05. The van der Waals surface area contributed by atoms with Crippen molar-refractivity contribution in [1.82, 2.24) is 15.0 Å². The quantitative estimate of drug-likeness (QED) is 0.494. The van der Waals surface area contributed by atoms with Crippen LogP contribution < -0.4 is 0 Å². The first-order valence-corrected chi connectivity index (χ1v) is 7.20. The number of rotatable bonds is 0. The molecule has 0 radical (unpaired) electrons. The minimum Gasteiger partial charge on any atom is -0.257 e. The van der Waals surface area contributed by atoms with Gasteiger partial charge < -0.3 is 0 Å². The second-order valence-electron chi connectivity index (χ2n) is 5.39. The van der Waals surface area contributed by atoms with Crippen molar-refractivity contribution in [2.45, 2.75) is 19.3 Å². The molecular formula is C18H15N3. The average molecular weight is 273 g/mol. The second kappa shape index (κ2) is 5.09. The van der Waals surface area contributed by atoms with Gasteiger partial charge in [0.05, 0.1) is 0 Å². The maximum absolute atomic E-state index is 4.73. The van der Waals surface area contributed by atoms with Crippen LogP contribution in [0.3, 0.4) is 0 Å². The molecule has 4 rings (SSSR count). The van der Waals surface area contributed by atoms with Gasteiger partial charge in [0.25, 0.3) is 0 Å². The molecule has 1 aliphatic heterocycles. The van der Waals surface area contributed by atoms with Crippen molar-refractivity contribution in [3.8, 4) is 0 Å². The van der Waals surface area contributed by atoms with Gasteiger partial charge in [0.1, 0.15) is 0 Å². The fourth-order valence-corrected chi connectivity index (χ4v) is 2.74. The van der Waals surface area contributed by atoms with Crippen molar-refractivity contribution in [2.24, 2.45) is 0 Å². The molecule has 4 heterocycles. The van der Waals surface area contributed by atoms with E-state index in [-0.39, 0.29) is 0 Å². The third kappa shape index (κ3) is 2.68. The van der Waals surface area contributed by atoms with E-state index in [1.807, 2.05) is 0 Å². The Hall–Kier alpha value is -2.55. The minimum atomic E-state index is 0.781. The highest BCUT2D eigenvalue weighted by Crippen LogP contribution is 2.14. The van der Waals surface area contributed by atoms with Crippen LogP contribution in [-0.4, -0.2) is 15.0 Å². The van der Waals surface area contributed by atoms with Gasteiger partial charge in [-0.3, -0.25) is 15.0 Å². The first kappa shape index (κ1) is 12.2. The number of aromatic nitrogens is 3. The van der Waals surface area contributed by atoms with Gasteiger partial charge in [-0.1, -0.05) is 18.2 Å². The molecule has 0 atom stereocenters. The van der Waals surface area contributed by atoms with Crippen LogP contribution in [0.15, 0.2) is 54.6 Å². The van der Waals surface area contributed by atoms with Crippen molar-refractivity contribution >= 4 is 0 Å². The molecule has 0 aromatic carbocycles. The summed E-state index contributed by atoms with van der Waals surface area (Å²) in [5.74, 6) is 0. The lowest BCUT2D eigenvalue weighted by molar-refractivity contribution is 0.893. The Kier molecular flexibility index (Phi) is 2.96. The van der Waals surface area contributed by atoms with Crippen LogP contribution in [0.5, 0.6) is 0 Å². The number of hydrogen-bond acceptors (Lipinski definition) is 3. The molecule has 102 valence electrons. The van der Waals surface area contributed by atoms with Gasteiger partial charge in [0.15, 0.2) is 0 Å². The SMILES string of the molecule is c1cc2nc(c1)Cc1cccc(n1)Cc1cccc(n1)C2. The predicted octanol–water partition coefficient (Wildman–Crippen LogP) is 2.96. The van der Waals surface area contributed by atoms with Crippen molar-refractivity contribution < 1.29 is 0 Å². The highest BCUT2D eigenvalue weighted by atomic mass is 14.8. The summed E-state index contributed by atoms with van der Waals surface area (Å²) in [7, 11) is 0. The Morgan fingerprint density at radius 2 is 0.667 bits per heavy atom. The lowest BCUT2D eigenvalue weighted by Gasteiger charge is -2.09. The van der Waals surface area contributed by atoms with Crippen molar-refractivity contribution in [3.05, 3.63) is 88.8 Å². The van der Waals surface area contributed by atoms with E-state index in [0.717, 1.165) is 53.4 Å². The highest BCUT2D eigenvalue weighted by molar-refractivity contribution is 5.26. The summed E-state index contributed by atoms with van der Waals surface area (Å²) in [6.07, 6.45) is 2.34. The first-order chi connectivity index (χ1) is 10.3. The normalized spacial score (nSPS) is 13.1. The van der Waals surface area contributed by atoms with Gasteiger partial charge in [-0.05, 0) is 36.4 Å². The van der Waals surface area contributed by atoms with Crippen molar-refractivity contribution in [2.75, 3.05) is 0 Å².